The molecule has 0 bridgehead atoms. The number of aromatic nitrogens is 6. The molecular formula is C12H9F2N7. The molecule has 0 fully saturated rings. The summed E-state index contributed by atoms with van der Waals surface area (Å²) in [4.78, 5) is 15.8. The average Bonchev–Trinajstić information content (AvgIpc) is 3.01. The number of rotatable bonds is 3. The molecule has 0 unspecified atom stereocenters. The summed E-state index contributed by atoms with van der Waals surface area (Å²) in [6.07, 6.45) is 2.67. The summed E-state index contributed by atoms with van der Waals surface area (Å²) in [5.41, 5.74) is -0.322. The van der Waals surface area contributed by atoms with Crippen molar-refractivity contribution in [1.82, 2.24) is 29.7 Å². The second-order valence-electron chi connectivity index (χ2n) is 3.97. The second-order valence-corrected chi connectivity index (χ2v) is 3.97. The smallest absolute Gasteiger partial charge is 0.257 e. The first kappa shape index (κ1) is 13.0. The molecule has 7 nitrogen and oxygen atoms in total. The molecule has 0 amide bonds. The van der Waals surface area contributed by atoms with Crippen LogP contribution in [0, 0.1) is 11.6 Å². The average molecular weight is 289 g/mol. The lowest BCUT2D eigenvalue weighted by Gasteiger charge is -2.07. The second kappa shape index (κ2) is 5.19. The molecule has 1 N–H and O–H groups in total. The number of hydrogen-bond acceptors (Lipinski definition) is 6. The number of nitrogens with one attached hydrogen (secondary N) is 1. The Hall–Kier alpha value is -2.97. The Bertz CT molecular complexity index is 753. The third-order valence-corrected chi connectivity index (χ3v) is 2.66. The third-order valence-electron chi connectivity index (χ3n) is 2.66. The third kappa shape index (κ3) is 2.40. The van der Waals surface area contributed by atoms with E-state index in [-0.39, 0.29) is 23.3 Å². The van der Waals surface area contributed by atoms with Crippen molar-refractivity contribution < 1.29 is 8.78 Å². The summed E-state index contributed by atoms with van der Waals surface area (Å²) in [5.74, 6) is -1.38. The first-order chi connectivity index (χ1) is 10.2. The van der Waals surface area contributed by atoms with Gasteiger partial charge in [-0.25, -0.2) is 13.8 Å². The highest BCUT2D eigenvalue weighted by molar-refractivity contribution is 5.58. The van der Waals surface area contributed by atoms with Crippen LogP contribution in [0.25, 0.3) is 17.3 Å². The molecule has 3 rings (SSSR count). The van der Waals surface area contributed by atoms with Gasteiger partial charge in [0.15, 0.2) is 5.82 Å². The topological polar surface area (TPSA) is 81.4 Å². The van der Waals surface area contributed by atoms with Crippen molar-refractivity contribution in [2.24, 2.45) is 0 Å². The van der Waals surface area contributed by atoms with Crippen LogP contribution in [-0.4, -0.2) is 36.8 Å². The fraction of sp³-hybridized carbons (Fsp3) is 0.0833. The van der Waals surface area contributed by atoms with Crippen LogP contribution in [0.3, 0.4) is 0 Å². The van der Waals surface area contributed by atoms with Gasteiger partial charge in [-0.05, 0) is 12.1 Å². The number of nitrogens with zero attached hydrogens (tertiary/aromatic N) is 6. The van der Waals surface area contributed by atoms with Gasteiger partial charge in [0, 0.05) is 7.05 Å². The molecule has 0 aliphatic heterocycles. The van der Waals surface area contributed by atoms with Crippen LogP contribution in [0.15, 0.2) is 30.9 Å². The number of anilines is 1. The van der Waals surface area contributed by atoms with E-state index < -0.39 is 11.6 Å². The van der Waals surface area contributed by atoms with Gasteiger partial charge in [-0.15, -0.1) is 0 Å². The van der Waals surface area contributed by atoms with E-state index in [0.29, 0.717) is 0 Å². The lowest BCUT2D eigenvalue weighted by atomic mass is 10.2. The molecule has 2 heterocycles. The monoisotopic (exact) mass is 289 g/mol. The van der Waals surface area contributed by atoms with Gasteiger partial charge in [0.2, 0.25) is 5.95 Å². The van der Waals surface area contributed by atoms with Crippen LogP contribution >= 0.6 is 0 Å². The van der Waals surface area contributed by atoms with Gasteiger partial charge in [0.1, 0.15) is 24.3 Å². The predicted octanol–water partition coefficient (Wildman–Crippen LogP) is 1.44. The largest absolute Gasteiger partial charge is 0.357 e. The molecule has 0 saturated heterocycles. The maximum atomic E-state index is 13.9. The number of hydrogen-bond donors (Lipinski definition) is 1. The van der Waals surface area contributed by atoms with Crippen LogP contribution in [-0.2, 0) is 0 Å². The van der Waals surface area contributed by atoms with E-state index in [0.717, 1.165) is 12.1 Å². The first-order valence-corrected chi connectivity index (χ1v) is 5.92. The summed E-state index contributed by atoms with van der Waals surface area (Å²) in [6, 6.07) is 3.54. The van der Waals surface area contributed by atoms with Crippen molar-refractivity contribution in [1.29, 1.82) is 0 Å². The van der Waals surface area contributed by atoms with Crippen LogP contribution in [0.1, 0.15) is 0 Å². The molecule has 0 radical (unpaired) electrons. The molecule has 21 heavy (non-hydrogen) atoms. The molecule has 1 aromatic carbocycles. The minimum absolute atomic E-state index is 0.101. The molecule has 0 aliphatic rings. The molecule has 0 saturated carbocycles. The fourth-order valence-electron chi connectivity index (χ4n) is 1.71. The quantitative estimate of drug-likeness (QED) is 0.785. The molecule has 9 heteroatoms. The maximum Gasteiger partial charge on any atom is 0.257 e. The molecule has 0 atom stereocenters. The molecule has 0 spiro atoms. The number of benzene rings is 1. The predicted molar refractivity (Wildman–Crippen MR) is 69.6 cm³/mol. The Labute approximate surface area is 117 Å². The van der Waals surface area contributed by atoms with E-state index in [9.17, 15) is 8.78 Å². The van der Waals surface area contributed by atoms with Crippen LogP contribution in [0.2, 0.25) is 0 Å². The summed E-state index contributed by atoms with van der Waals surface area (Å²) in [7, 11) is 1.59. The Morgan fingerprint density at radius 3 is 2.48 bits per heavy atom. The summed E-state index contributed by atoms with van der Waals surface area (Å²) in [6.45, 7) is 0. The van der Waals surface area contributed by atoms with Crippen LogP contribution < -0.4 is 5.32 Å². The van der Waals surface area contributed by atoms with Crippen molar-refractivity contribution in [3.63, 3.8) is 0 Å². The Morgan fingerprint density at radius 1 is 1.10 bits per heavy atom. The molecule has 3 aromatic rings. The normalized spacial score (nSPS) is 10.6. The highest BCUT2D eigenvalue weighted by Gasteiger charge is 2.17. The van der Waals surface area contributed by atoms with E-state index in [2.05, 4.69) is 30.4 Å². The lowest BCUT2D eigenvalue weighted by Crippen LogP contribution is -2.09. The lowest BCUT2D eigenvalue weighted by molar-refractivity contribution is 0.587. The highest BCUT2D eigenvalue weighted by atomic mass is 19.1. The van der Waals surface area contributed by atoms with Crippen molar-refractivity contribution in [2.45, 2.75) is 0 Å². The molecular weight excluding hydrogens is 280 g/mol. The van der Waals surface area contributed by atoms with Gasteiger partial charge in [0.25, 0.3) is 5.95 Å². The first-order valence-electron chi connectivity index (χ1n) is 5.92. The summed E-state index contributed by atoms with van der Waals surface area (Å²) >= 11 is 0. The van der Waals surface area contributed by atoms with Crippen molar-refractivity contribution >= 4 is 5.95 Å². The Kier molecular flexibility index (Phi) is 3.22. The summed E-state index contributed by atoms with van der Waals surface area (Å²) in [5, 5.41) is 6.59. The zero-order valence-electron chi connectivity index (χ0n) is 10.8. The van der Waals surface area contributed by atoms with Gasteiger partial charge in [-0.3, -0.25) is 0 Å². The van der Waals surface area contributed by atoms with Crippen molar-refractivity contribution in [3.05, 3.63) is 42.5 Å². The zero-order chi connectivity index (χ0) is 14.8. The van der Waals surface area contributed by atoms with Gasteiger partial charge in [0.05, 0.1) is 5.56 Å². The van der Waals surface area contributed by atoms with Crippen LogP contribution in [0.4, 0.5) is 14.7 Å². The molecule has 0 aliphatic carbocycles. The Morgan fingerprint density at radius 2 is 1.86 bits per heavy atom. The van der Waals surface area contributed by atoms with E-state index in [4.69, 9.17) is 0 Å². The van der Waals surface area contributed by atoms with Crippen LogP contribution in [0.5, 0.6) is 0 Å². The zero-order valence-corrected chi connectivity index (χ0v) is 10.8. The van der Waals surface area contributed by atoms with E-state index >= 15 is 0 Å². The molecule has 106 valence electrons. The standard InChI is InChI=1S/C12H9F2N7/c1-15-11-18-10(9-7(13)3-2-4-8(9)14)19-12(20-11)21-6-16-5-17-21/h2-6H,1H3,(H,15,18,19,20). The minimum atomic E-state index is -0.757. The van der Waals surface area contributed by atoms with Gasteiger partial charge < -0.3 is 5.32 Å². The Balaban J connectivity index is 2.21. The van der Waals surface area contributed by atoms with E-state index in [1.807, 2.05) is 0 Å². The van der Waals surface area contributed by atoms with Gasteiger partial charge in [-0.1, -0.05) is 6.07 Å². The molecule has 2 aromatic heterocycles. The summed E-state index contributed by atoms with van der Waals surface area (Å²) < 4.78 is 29.0. The SMILES string of the molecule is CNc1nc(-c2c(F)cccc2F)nc(-n2cncn2)n1. The minimum Gasteiger partial charge on any atom is -0.357 e. The van der Waals surface area contributed by atoms with Crippen molar-refractivity contribution in [3.8, 4) is 17.3 Å². The van der Waals surface area contributed by atoms with Crippen molar-refractivity contribution in [2.75, 3.05) is 12.4 Å². The maximum absolute atomic E-state index is 13.9. The highest BCUT2D eigenvalue weighted by Crippen LogP contribution is 2.23. The van der Waals surface area contributed by atoms with E-state index in [1.165, 1.54) is 23.4 Å². The number of halogens is 2. The fourth-order valence-corrected chi connectivity index (χ4v) is 1.71. The van der Waals surface area contributed by atoms with Gasteiger partial charge in [-0.2, -0.15) is 24.7 Å². The van der Waals surface area contributed by atoms with Gasteiger partial charge >= 0.3 is 0 Å². The van der Waals surface area contributed by atoms with E-state index in [1.54, 1.807) is 7.05 Å².